The number of nitrogens with one attached hydrogen (secondary N) is 1. The van der Waals surface area contributed by atoms with Crippen molar-refractivity contribution in [2.24, 2.45) is 11.3 Å². The minimum atomic E-state index is -0.438. The van der Waals surface area contributed by atoms with Gasteiger partial charge in [-0.2, -0.15) is 0 Å². The van der Waals surface area contributed by atoms with E-state index in [1.165, 1.54) is 37.5 Å². The van der Waals surface area contributed by atoms with Crippen molar-refractivity contribution in [1.29, 1.82) is 0 Å². The van der Waals surface area contributed by atoms with E-state index in [0.717, 1.165) is 12.8 Å². The number of nitro groups is 1. The maximum absolute atomic E-state index is 12.1. The zero-order chi connectivity index (χ0) is 17.6. The number of carbonyl (C=O) groups is 1. The van der Waals surface area contributed by atoms with E-state index < -0.39 is 4.92 Å². The highest BCUT2D eigenvalue weighted by Gasteiger charge is 2.35. The monoisotopic (exact) mass is 330 g/mol. The second kappa shape index (κ2) is 8.08. The molecule has 1 N–H and O–H groups in total. The lowest BCUT2D eigenvalue weighted by atomic mass is 9.66. The first-order valence-corrected chi connectivity index (χ1v) is 8.65. The molecule has 0 radical (unpaired) electrons. The van der Waals surface area contributed by atoms with Crippen molar-refractivity contribution in [3.8, 4) is 0 Å². The average Bonchev–Trinajstić information content (AvgIpc) is 2.58. The summed E-state index contributed by atoms with van der Waals surface area (Å²) in [7, 11) is 0. The number of rotatable bonds is 6. The van der Waals surface area contributed by atoms with Crippen LogP contribution in [0.4, 0.5) is 5.69 Å². The number of hydrogen-bond acceptors (Lipinski definition) is 3. The zero-order valence-corrected chi connectivity index (χ0v) is 14.5. The summed E-state index contributed by atoms with van der Waals surface area (Å²) in [6, 6.07) is 6.41. The summed E-state index contributed by atoms with van der Waals surface area (Å²) in [4.78, 5) is 22.7. The van der Waals surface area contributed by atoms with Gasteiger partial charge in [0, 0.05) is 18.7 Å². The third-order valence-corrected chi connectivity index (χ3v) is 5.24. The van der Waals surface area contributed by atoms with Gasteiger partial charge < -0.3 is 5.32 Å². The second-order valence-corrected chi connectivity index (χ2v) is 6.87. The molecule has 2 rings (SSSR count). The number of benzene rings is 1. The fraction of sp³-hybridized carbons (Fsp3) is 0.526. The number of hydrogen-bond donors (Lipinski definition) is 1. The predicted octanol–water partition coefficient (Wildman–Crippen LogP) is 4.33. The Balaban J connectivity index is 1.97. The molecule has 1 amide bonds. The first kappa shape index (κ1) is 18.2. The van der Waals surface area contributed by atoms with Crippen LogP contribution in [0.25, 0.3) is 6.08 Å². The van der Waals surface area contributed by atoms with Crippen LogP contribution in [0.2, 0.25) is 0 Å². The van der Waals surface area contributed by atoms with E-state index in [1.54, 1.807) is 18.2 Å². The molecule has 1 aliphatic rings. The van der Waals surface area contributed by atoms with Gasteiger partial charge in [0.2, 0.25) is 5.91 Å². The van der Waals surface area contributed by atoms with Gasteiger partial charge in [0.25, 0.3) is 5.69 Å². The fourth-order valence-corrected chi connectivity index (χ4v) is 3.71. The number of nitro benzene ring substituents is 1. The molecule has 0 aliphatic heterocycles. The van der Waals surface area contributed by atoms with Crippen LogP contribution in [-0.4, -0.2) is 17.4 Å². The molecular weight excluding hydrogens is 304 g/mol. The zero-order valence-electron chi connectivity index (χ0n) is 14.5. The maximum Gasteiger partial charge on any atom is 0.276 e. The van der Waals surface area contributed by atoms with Gasteiger partial charge in [0.05, 0.1) is 10.5 Å². The number of amides is 1. The van der Waals surface area contributed by atoms with E-state index in [2.05, 4.69) is 19.2 Å². The molecule has 0 unspecified atom stereocenters. The molecule has 0 saturated heterocycles. The topological polar surface area (TPSA) is 72.2 Å². The number of para-hydroxylation sites is 1. The summed E-state index contributed by atoms with van der Waals surface area (Å²) < 4.78 is 0. The lowest BCUT2D eigenvalue weighted by molar-refractivity contribution is -0.385. The van der Waals surface area contributed by atoms with E-state index >= 15 is 0 Å². The molecule has 24 heavy (non-hydrogen) atoms. The van der Waals surface area contributed by atoms with Gasteiger partial charge >= 0.3 is 0 Å². The van der Waals surface area contributed by atoms with Crippen LogP contribution >= 0.6 is 0 Å². The van der Waals surface area contributed by atoms with Crippen molar-refractivity contribution >= 4 is 17.7 Å². The Labute approximate surface area is 143 Å². The Morgan fingerprint density at radius 2 is 2.17 bits per heavy atom. The van der Waals surface area contributed by atoms with Gasteiger partial charge in [-0.05, 0) is 36.3 Å². The SMILES string of the molecule is CC[C@H]1CCCC[C@]1(C)CNC(=O)/C=C/c1ccccc1[N+](=O)[O-]. The molecule has 0 bridgehead atoms. The van der Waals surface area contributed by atoms with Gasteiger partial charge in [-0.1, -0.05) is 45.2 Å². The highest BCUT2D eigenvalue weighted by molar-refractivity contribution is 5.92. The molecular formula is C19H26N2O3. The Morgan fingerprint density at radius 1 is 1.42 bits per heavy atom. The molecule has 1 aromatic carbocycles. The second-order valence-electron chi connectivity index (χ2n) is 6.87. The summed E-state index contributed by atoms with van der Waals surface area (Å²) in [6.07, 6.45) is 8.89. The van der Waals surface area contributed by atoms with Crippen molar-refractivity contribution in [2.45, 2.75) is 46.0 Å². The fourth-order valence-electron chi connectivity index (χ4n) is 3.71. The third kappa shape index (κ3) is 4.43. The summed E-state index contributed by atoms with van der Waals surface area (Å²) >= 11 is 0. The first-order valence-electron chi connectivity index (χ1n) is 8.65. The standard InChI is InChI=1S/C19H26N2O3/c1-3-16-9-6-7-13-19(16,2)14-20-18(22)12-11-15-8-4-5-10-17(15)21(23)24/h4-5,8,10-12,16H,3,6-7,9,13-14H2,1-2H3,(H,20,22)/b12-11+/t16-,19+/m0/s1. The smallest absolute Gasteiger partial charge is 0.276 e. The van der Waals surface area contributed by atoms with Gasteiger partial charge in [-0.25, -0.2) is 0 Å². The summed E-state index contributed by atoms with van der Waals surface area (Å²) in [6.45, 7) is 5.13. The van der Waals surface area contributed by atoms with Gasteiger partial charge in [-0.3, -0.25) is 14.9 Å². The van der Waals surface area contributed by atoms with Crippen LogP contribution in [0.15, 0.2) is 30.3 Å². The van der Waals surface area contributed by atoms with Crippen molar-refractivity contribution in [1.82, 2.24) is 5.32 Å². The third-order valence-electron chi connectivity index (χ3n) is 5.24. The van der Waals surface area contributed by atoms with E-state index in [9.17, 15) is 14.9 Å². The molecule has 5 nitrogen and oxygen atoms in total. The Morgan fingerprint density at radius 3 is 2.88 bits per heavy atom. The van der Waals surface area contributed by atoms with Crippen molar-refractivity contribution in [3.05, 3.63) is 46.0 Å². The Kier molecular flexibility index (Phi) is 6.12. The predicted molar refractivity (Wildman–Crippen MR) is 95.5 cm³/mol. The number of carbonyl (C=O) groups excluding carboxylic acids is 1. The van der Waals surface area contributed by atoms with Crippen LogP contribution in [-0.2, 0) is 4.79 Å². The lowest BCUT2D eigenvalue weighted by Gasteiger charge is -2.41. The maximum atomic E-state index is 12.1. The molecule has 130 valence electrons. The molecule has 2 atom stereocenters. The van der Waals surface area contributed by atoms with E-state index in [1.807, 2.05) is 0 Å². The van der Waals surface area contributed by atoms with Crippen LogP contribution < -0.4 is 5.32 Å². The van der Waals surface area contributed by atoms with Crippen molar-refractivity contribution in [3.63, 3.8) is 0 Å². The lowest BCUT2D eigenvalue weighted by Crippen LogP contribution is -2.41. The van der Waals surface area contributed by atoms with Gasteiger partial charge in [0.15, 0.2) is 0 Å². The van der Waals surface area contributed by atoms with Crippen LogP contribution in [0, 0.1) is 21.4 Å². The van der Waals surface area contributed by atoms with Crippen LogP contribution in [0.1, 0.15) is 51.5 Å². The van der Waals surface area contributed by atoms with Gasteiger partial charge in [-0.15, -0.1) is 0 Å². The van der Waals surface area contributed by atoms with E-state index in [4.69, 9.17) is 0 Å². The van der Waals surface area contributed by atoms with Crippen molar-refractivity contribution in [2.75, 3.05) is 6.54 Å². The summed E-state index contributed by atoms with van der Waals surface area (Å²) in [5.74, 6) is 0.445. The Bertz CT molecular complexity index is 627. The Hall–Kier alpha value is -2.17. The molecule has 1 aliphatic carbocycles. The van der Waals surface area contributed by atoms with Crippen molar-refractivity contribution < 1.29 is 9.72 Å². The largest absolute Gasteiger partial charge is 0.352 e. The highest BCUT2D eigenvalue weighted by Crippen LogP contribution is 2.42. The minimum absolute atomic E-state index is 0.00633. The van der Waals surface area contributed by atoms with Gasteiger partial charge in [0.1, 0.15) is 0 Å². The molecule has 5 heteroatoms. The number of nitrogens with zero attached hydrogens (tertiary/aromatic N) is 1. The molecule has 1 saturated carbocycles. The normalized spacial score (nSPS) is 24.0. The summed E-state index contributed by atoms with van der Waals surface area (Å²) in [5.41, 5.74) is 0.592. The highest BCUT2D eigenvalue weighted by atomic mass is 16.6. The molecule has 1 fully saturated rings. The minimum Gasteiger partial charge on any atom is -0.352 e. The van der Waals surface area contributed by atoms with Crippen LogP contribution in [0.5, 0.6) is 0 Å². The quantitative estimate of drug-likeness (QED) is 0.479. The molecule has 0 heterocycles. The average molecular weight is 330 g/mol. The summed E-state index contributed by atoms with van der Waals surface area (Å²) in [5, 5.41) is 14.0. The molecule has 0 spiro atoms. The van der Waals surface area contributed by atoms with E-state index in [0.29, 0.717) is 18.0 Å². The van der Waals surface area contributed by atoms with Crippen LogP contribution in [0.3, 0.4) is 0 Å². The molecule has 0 aromatic heterocycles. The van der Waals surface area contributed by atoms with E-state index in [-0.39, 0.29) is 17.0 Å². The first-order chi connectivity index (χ1) is 11.5. The molecule has 1 aromatic rings.